The van der Waals surface area contributed by atoms with Gasteiger partial charge >= 0.3 is 0 Å². The first-order valence-electron chi connectivity index (χ1n) is 27.4. The van der Waals surface area contributed by atoms with Crippen molar-refractivity contribution in [1.29, 1.82) is 0 Å². The van der Waals surface area contributed by atoms with E-state index in [0.717, 1.165) is 45.5 Å². The number of carbonyl (C=O) groups excluding carboxylic acids is 6. The number of thiazole rings is 2. The maximum Gasteiger partial charge on any atom is 0.255 e. The fraction of sp³-hybridized carbons (Fsp3) is 0.400. The van der Waals surface area contributed by atoms with Crippen molar-refractivity contribution in [2.24, 2.45) is 5.41 Å². The second kappa shape index (κ2) is 29.8. The number of aromatic nitrogens is 2. The standard InChI is InChI=1S/C60H69FN8O13S2/c1-37-52(84-36-65-37)40-7-5-38(6-8-40)32-64-55(74)48-31-45(70)34-68(48)58(77)53(60(2,3)4)66-50(72)35-82-27-26-81-25-24-80-23-22-79-21-20-78-19-17-62-54(73)41-11-9-39(10-12-41)42-13-14-43-33-69(57(76)46(43)29-42)51(47-30-44(61)15-16-49(47)71)56(75)67-59-63-18-28-83-59/h5-16,18,28-30,36,45,48,51,53,70-71H,17,19-27,31-35H2,1-4H3,(H,62,73)(H,64,74)(H,66,72)(H,63,67,75)/t45-,48+,51?,53-/m1/s1. The van der Waals surface area contributed by atoms with E-state index in [4.69, 9.17) is 23.7 Å². The Hall–Kier alpha value is -7.55. The first-order chi connectivity index (χ1) is 40.4. The first-order valence-corrected chi connectivity index (χ1v) is 29.2. The van der Waals surface area contributed by atoms with Gasteiger partial charge in [-0.05, 0) is 76.6 Å². The molecule has 0 spiro atoms. The van der Waals surface area contributed by atoms with Crippen LogP contribution in [-0.2, 0) is 56.0 Å². The number of nitrogens with zero attached hydrogens (tertiary/aromatic N) is 4. The molecule has 0 aliphatic carbocycles. The number of rotatable bonds is 29. The number of benzene rings is 4. The summed E-state index contributed by atoms with van der Waals surface area (Å²) in [4.78, 5) is 92.9. The van der Waals surface area contributed by atoms with Crippen LogP contribution in [0.3, 0.4) is 0 Å². The number of fused-ring (bicyclic) bond motifs is 1. The summed E-state index contributed by atoms with van der Waals surface area (Å²) < 4.78 is 42.2. The highest BCUT2D eigenvalue weighted by atomic mass is 32.1. The van der Waals surface area contributed by atoms with E-state index in [9.17, 15) is 43.4 Å². The van der Waals surface area contributed by atoms with Gasteiger partial charge < -0.3 is 59.6 Å². The normalized spacial score (nSPS) is 15.6. The molecule has 0 bridgehead atoms. The number of ether oxygens (including phenoxy) is 5. The number of hydrogen-bond donors (Lipinski definition) is 6. The van der Waals surface area contributed by atoms with Crippen molar-refractivity contribution in [1.82, 2.24) is 35.7 Å². The smallest absolute Gasteiger partial charge is 0.255 e. The Kier molecular flexibility index (Phi) is 22.2. The number of aliphatic hydroxyl groups excluding tert-OH is 1. The van der Waals surface area contributed by atoms with Crippen molar-refractivity contribution in [2.45, 2.75) is 71.4 Å². The van der Waals surface area contributed by atoms with Gasteiger partial charge in [-0.3, -0.25) is 34.1 Å². The number of carbonyl (C=O) groups is 6. The number of phenols is 1. The number of phenolic OH excluding ortho intramolecular Hbond substituents is 1. The highest BCUT2D eigenvalue weighted by Gasteiger charge is 2.45. The predicted molar refractivity (Wildman–Crippen MR) is 311 cm³/mol. The Bertz CT molecular complexity index is 3210. The van der Waals surface area contributed by atoms with Crippen molar-refractivity contribution >= 4 is 63.2 Å². The van der Waals surface area contributed by atoms with Crippen molar-refractivity contribution < 1.29 is 67.1 Å². The van der Waals surface area contributed by atoms with Gasteiger partial charge in [-0.2, -0.15) is 0 Å². The van der Waals surface area contributed by atoms with Crippen LogP contribution in [-0.4, -0.2) is 163 Å². The molecule has 1 fully saturated rings. The lowest BCUT2D eigenvalue weighted by Gasteiger charge is -2.35. The van der Waals surface area contributed by atoms with Crippen LogP contribution in [0.2, 0.25) is 0 Å². The summed E-state index contributed by atoms with van der Waals surface area (Å²) in [5, 5.41) is 34.4. The van der Waals surface area contributed by atoms with E-state index >= 15 is 0 Å². The molecule has 1 unspecified atom stereocenters. The number of anilines is 1. The number of aryl methyl sites for hydroxylation is 1. The second-order valence-corrected chi connectivity index (χ2v) is 22.8. The lowest BCUT2D eigenvalue weighted by Crippen LogP contribution is -2.58. The minimum absolute atomic E-state index is 0.0367. The Labute approximate surface area is 493 Å². The minimum atomic E-state index is -1.36. The van der Waals surface area contributed by atoms with Crippen LogP contribution < -0.4 is 21.3 Å². The zero-order valence-corrected chi connectivity index (χ0v) is 48.7. The van der Waals surface area contributed by atoms with Crippen LogP contribution in [0.1, 0.15) is 76.3 Å². The summed E-state index contributed by atoms with van der Waals surface area (Å²) in [6, 6.07) is 20.0. The van der Waals surface area contributed by atoms with Crippen LogP contribution in [0.15, 0.2) is 102 Å². The number of hydrogen-bond acceptors (Lipinski definition) is 17. The summed E-state index contributed by atoms with van der Waals surface area (Å²) >= 11 is 2.74. The van der Waals surface area contributed by atoms with E-state index in [2.05, 4.69) is 31.2 Å². The molecule has 0 saturated carbocycles. The molecule has 2 aliphatic rings. The van der Waals surface area contributed by atoms with Gasteiger partial charge in [0, 0.05) is 60.9 Å². The number of likely N-dealkylation sites (tertiary alicyclic amines) is 1. The van der Waals surface area contributed by atoms with Gasteiger partial charge in [-0.1, -0.05) is 69.3 Å². The Balaban J connectivity index is 0.647. The summed E-state index contributed by atoms with van der Waals surface area (Å²) in [6.07, 6.45) is 0.696. The molecular weight excluding hydrogens is 1120 g/mol. The Morgan fingerprint density at radius 1 is 0.786 bits per heavy atom. The van der Waals surface area contributed by atoms with Crippen molar-refractivity contribution in [3.05, 3.63) is 141 Å². The third-order valence-corrected chi connectivity index (χ3v) is 15.6. The lowest BCUT2D eigenvalue weighted by molar-refractivity contribution is -0.144. The van der Waals surface area contributed by atoms with Gasteiger partial charge in [0.25, 0.3) is 17.7 Å². The van der Waals surface area contributed by atoms with E-state index < -0.39 is 59.1 Å². The van der Waals surface area contributed by atoms with E-state index in [0.29, 0.717) is 55.3 Å². The minimum Gasteiger partial charge on any atom is -0.508 e. The number of nitrogens with one attached hydrogen (secondary N) is 4. The predicted octanol–water partition coefficient (Wildman–Crippen LogP) is 6.04. The van der Waals surface area contributed by atoms with E-state index in [1.807, 2.05) is 58.0 Å². The largest absolute Gasteiger partial charge is 0.508 e. The molecule has 84 heavy (non-hydrogen) atoms. The highest BCUT2D eigenvalue weighted by molar-refractivity contribution is 7.14. The van der Waals surface area contributed by atoms with Gasteiger partial charge in [0.15, 0.2) is 5.13 Å². The lowest BCUT2D eigenvalue weighted by atomic mass is 9.85. The number of amides is 6. The highest BCUT2D eigenvalue weighted by Crippen LogP contribution is 2.38. The van der Waals surface area contributed by atoms with Crippen molar-refractivity contribution in [3.8, 4) is 27.3 Å². The molecule has 6 aromatic rings. The number of β-amino-alcohol motifs (C(OH)–C–C–N with tert-alkyl or cyclic N) is 1. The second-order valence-electron chi connectivity index (χ2n) is 21.0. The number of halogens is 1. The quantitative estimate of drug-likeness (QED) is 0.0292. The van der Waals surface area contributed by atoms with Crippen molar-refractivity contribution in [2.75, 3.05) is 84.5 Å². The average Bonchev–Trinajstić information content (AvgIpc) is 3.46. The zero-order valence-electron chi connectivity index (χ0n) is 47.1. The molecule has 4 aromatic carbocycles. The molecule has 6 N–H and O–H groups in total. The monoisotopic (exact) mass is 1190 g/mol. The maximum absolute atomic E-state index is 14.4. The number of aromatic hydroxyl groups is 1. The fourth-order valence-electron chi connectivity index (χ4n) is 9.55. The van der Waals surface area contributed by atoms with Crippen molar-refractivity contribution in [3.63, 3.8) is 0 Å². The third-order valence-electron chi connectivity index (χ3n) is 13.9. The topological polar surface area (TPSA) is 269 Å². The van der Waals surface area contributed by atoms with Crippen LogP contribution in [0.4, 0.5) is 9.52 Å². The Morgan fingerprint density at radius 2 is 1.44 bits per heavy atom. The third kappa shape index (κ3) is 16.8. The summed E-state index contributed by atoms with van der Waals surface area (Å²) in [6.45, 7) is 10.1. The van der Waals surface area contributed by atoms with E-state index in [1.54, 1.807) is 58.6 Å². The summed E-state index contributed by atoms with van der Waals surface area (Å²) in [7, 11) is 0. The molecule has 0 radical (unpaired) electrons. The van der Waals surface area contributed by atoms with E-state index in [-0.39, 0.29) is 93.9 Å². The summed E-state index contributed by atoms with van der Waals surface area (Å²) in [5.41, 5.74) is 6.75. The molecule has 8 rings (SSSR count). The van der Waals surface area contributed by atoms with Gasteiger partial charge in [0.05, 0.1) is 81.6 Å². The molecule has 1 saturated heterocycles. The van der Waals surface area contributed by atoms with Gasteiger partial charge in [0.2, 0.25) is 17.7 Å². The molecule has 6 amide bonds. The van der Waals surface area contributed by atoms with Crippen LogP contribution in [0, 0.1) is 18.2 Å². The van der Waals surface area contributed by atoms with Gasteiger partial charge in [0.1, 0.15) is 36.3 Å². The molecule has 2 aliphatic heterocycles. The molecule has 21 nitrogen and oxygen atoms in total. The SMILES string of the molecule is Cc1ncsc1-c1ccc(CNC(=O)[C@@H]2C[C@@H](O)CN2C(=O)[C@@H](NC(=O)COCCOCCOCCOCCOCCNC(=O)c2ccc(-c3ccc4c(c3)C(=O)N(C(C(=O)Nc3nccs3)c3cc(F)ccc3O)C4)cc2)C(C)(C)C)cc1. The average molecular weight is 1190 g/mol. The Morgan fingerprint density at radius 3 is 2.08 bits per heavy atom. The fourth-order valence-corrected chi connectivity index (χ4v) is 10.9. The van der Waals surface area contributed by atoms with Crippen LogP contribution >= 0.6 is 22.7 Å². The zero-order chi connectivity index (χ0) is 59.8. The maximum atomic E-state index is 14.4. The molecule has 446 valence electrons. The molecule has 4 atom stereocenters. The summed E-state index contributed by atoms with van der Waals surface area (Å²) in [5.74, 6) is -3.80. The van der Waals surface area contributed by atoms with Crippen LogP contribution in [0.25, 0.3) is 21.6 Å². The molecule has 4 heterocycles. The molecule has 24 heteroatoms. The molecule has 2 aromatic heterocycles. The molecular formula is C60H69FN8O13S2. The van der Waals surface area contributed by atoms with E-state index in [1.165, 1.54) is 27.3 Å². The first kappa shape index (κ1) is 62.5. The van der Waals surface area contributed by atoms with Gasteiger partial charge in [-0.15, -0.1) is 22.7 Å². The number of aliphatic hydroxyl groups is 1. The van der Waals surface area contributed by atoms with Crippen LogP contribution in [0.5, 0.6) is 5.75 Å². The van der Waals surface area contributed by atoms with Gasteiger partial charge in [-0.25, -0.2) is 14.4 Å².